The highest BCUT2D eigenvalue weighted by Gasteiger charge is 2.28. The van der Waals surface area contributed by atoms with Crippen LogP contribution in [0.4, 0.5) is 11.5 Å². The normalized spacial score (nSPS) is 21.7. The lowest BCUT2D eigenvalue weighted by atomic mass is 10.2. The molecule has 1 atom stereocenters. The molecule has 2 heterocycles. The molecule has 0 spiro atoms. The van der Waals surface area contributed by atoms with Crippen LogP contribution in [0.5, 0.6) is 5.88 Å². The van der Waals surface area contributed by atoms with Crippen molar-refractivity contribution in [3.05, 3.63) is 6.33 Å². The summed E-state index contributed by atoms with van der Waals surface area (Å²) in [6, 6.07) is -0.151. The average Bonchev–Trinajstić information content (AvgIpc) is 2.64. The Bertz CT molecular complexity index is 532. The third kappa shape index (κ3) is 2.81. The van der Waals surface area contributed by atoms with Gasteiger partial charge in [0, 0.05) is 6.04 Å². The van der Waals surface area contributed by atoms with E-state index in [9.17, 15) is 8.42 Å². The maximum Gasteiger partial charge on any atom is 0.242 e. The second-order valence-corrected chi connectivity index (χ2v) is 6.35. The molecule has 1 aromatic rings. The first-order chi connectivity index (χ1) is 8.52. The Hall–Kier alpha value is -1.57. The highest BCUT2D eigenvalue weighted by Crippen LogP contribution is 2.26. The number of sulfone groups is 1. The summed E-state index contributed by atoms with van der Waals surface area (Å²) in [5.74, 6) is 1.06. The minimum atomic E-state index is -2.93. The largest absolute Gasteiger partial charge is 0.476 e. The van der Waals surface area contributed by atoms with Crippen LogP contribution >= 0.6 is 0 Å². The van der Waals surface area contributed by atoms with Crippen molar-refractivity contribution in [2.45, 2.75) is 19.4 Å². The summed E-state index contributed by atoms with van der Waals surface area (Å²) in [6.07, 6.45) is 1.91. The minimum Gasteiger partial charge on any atom is -0.476 e. The molecule has 7 nitrogen and oxygen atoms in total. The first-order valence-electron chi connectivity index (χ1n) is 5.72. The van der Waals surface area contributed by atoms with Crippen LogP contribution in [-0.4, -0.2) is 42.5 Å². The van der Waals surface area contributed by atoms with Gasteiger partial charge in [0.25, 0.3) is 0 Å². The van der Waals surface area contributed by atoms with E-state index in [1.165, 1.54) is 6.33 Å². The third-order valence-electron chi connectivity index (χ3n) is 2.70. The number of hydrogen-bond acceptors (Lipinski definition) is 7. The van der Waals surface area contributed by atoms with Gasteiger partial charge < -0.3 is 15.8 Å². The fourth-order valence-corrected chi connectivity index (χ4v) is 3.52. The molecule has 2 rings (SSSR count). The van der Waals surface area contributed by atoms with Crippen LogP contribution in [0.15, 0.2) is 6.33 Å². The Morgan fingerprint density at radius 3 is 2.94 bits per heavy atom. The van der Waals surface area contributed by atoms with Gasteiger partial charge in [0.2, 0.25) is 5.88 Å². The number of ether oxygens (including phenoxy) is 1. The highest BCUT2D eigenvalue weighted by atomic mass is 32.2. The summed E-state index contributed by atoms with van der Waals surface area (Å²) < 4.78 is 28.0. The summed E-state index contributed by atoms with van der Waals surface area (Å²) in [4.78, 5) is 7.93. The maximum absolute atomic E-state index is 11.4. The van der Waals surface area contributed by atoms with Gasteiger partial charge in [-0.2, -0.15) is 4.98 Å². The van der Waals surface area contributed by atoms with Crippen LogP contribution in [0.25, 0.3) is 0 Å². The van der Waals surface area contributed by atoms with Gasteiger partial charge in [0.15, 0.2) is 15.7 Å². The van der Waals surface area contributed by atoms with Gasteiger partial charge in [-0.15, -0.1) is 0 Å². The topological polar surface area (TPSA) is 107 Å². The van der Waals surface area contributed by atoms with Crippen LogP contribution in [0.2, 0.25) is 0 Å². The molecule has 8 heteroatoms. The molecule has 3 N–H and O–H groups in total. The van der Waals surface area contributed by atoms with Crippen LogP contribution in [0, 0.1) is 0 Å². The molecule has 1 aliphatic heterocycles. The van der Waals surface area contributed by atoms with E-state index in [-0.39, 0.29) is 17.5 Å². The number of nitrogens with zero attached hydrogens (tertiary/aromatic N) is 2. The Balaban J connectivity index is 2.12. The van der Waals surface area contributed by atoms with Crippen molar-refractivity contribution >= 4 is 21.3 Å². The minimum absolute atomic E-state index is 0.112. The fourth-order valence-electron chi connectivity index (χ4n) is 1.85. The van der Waals surface area contributed by atoms with Gasteiger partial charge in [-0.3, -0.25) is 0 Å². The molecular formula is C10H16N4O3S. The van der Waals surface area contributed by atoms with Crippen molar-refractivity contribution in [2.24, 2.45) is 0 Å². The molecule has 0 bridgehead atoms. The van der Waals surface area contributed by atoms with Gasteiger partial charge in [-0.1, -0.05) is 0 Å². The van der Waals surface area contributed by atoms with E-state index in [4.69, 9.17) is 10.5 Å². The number of anilines is 2. The van der Waals surface area contributed by atoms with Gasteiger partial charge >= 0.3 is 0 Å². The quantitative estimate of drug-likeness (QED) is 0.797. The van der Waals surface area contributed by atoms with E-state index in [0.29, 0.717) is 30.4 Å². The Morgan fingerprint density at radius 1 is 1.56 bits per heavy atom. The summed E-state index contributed by atoms with van der Waals surface area (Å²) in [7, 11) is -2.93. The van der Waals surface area contributed by atoms with E-state index in [0.717, 1.165) is 0 Å². The van der Waals surface area contributed by atoms with Crippen LogP contribution in [0.1, 0.15) is 13.3 Å². The summed E-state index contributed by atoms with van der Waals surface area (Å²) in [5.41, 5.74) is 6.16. The van der Waals surface area contributed by atoms with Gasteiger partial charge in [-0.05, 0) is 13.3 Å². The van der Waals surface area contributed by atoms with Crippen molar-refractivity contribution in [1.29, 1.82) is 0 Å². The molecule has 1 saturated heterocycles. The van der Waals surface area contributed by atoms with Gasteiger partial charge in [0.1, 0.15) is 12.0 Å². The van der Waals surface area contributed by atoms with Crippen LogP contribution < -0.4 is 15.8 Å². The third-order valence-corrected chi connectivity index (χ3v) is 4.47. The number of rotatable bonds is 4. The monoisotopic (exact) mass is 272 g/mol. The highest BCUT2D eigenvalue weighted by molar-refractivity contribution is 7.91. The van der Waals surface area contributed by atoms with Crippen molar-refractivity contribution in [3.63, 3.8) is 0 Å². The zero-order valence-electron chi connectivity index (χ0n) is 10.1. The Morgan fingerprint density at radius 2 is 2.33 bits per heavy atom. The van der Waals surface area contributed by atoms with E-state index in [1.807, 2.05) is 6.92 Å². The maximum atomic E-state index is 11.4. The van der Waals surface area contributed by atoms with E-state index in [1.54, 1.807) is 0 Å². The molecule has 1 fully saturated rings. The fraction of sp³-hybridized carbons (Fsp3) is 0.600. The number of nitrogens with one attached hydrogen (secondary N) is 1. The van der Waals surface area contributed by atoms with E-state index >= 15 is 0 Å². The first-order valence-corrected chi connectivity index (χ1v) is 7.54. The average molecular weight is 272 g/mol. The molecule has 18 heavy (non-hydrogen) atoms. The summed E-state index contributed by atoms with van der Waals surface area (Å²) in [6.45, 7) is 2.29. The van der Waals surface area contributed by atoms with E-state index in [2.05, 4.69) is 15.3 Å². The predicted octanol–water partition coefficient (Wildman–Crippen LogP) is 0.0565. The van der Waals surface area contributed by atoms with Gasteiger partial charge in [0.05, 0.1) is 18.1 Å². The molecule has 0 aromatic carbocycles. The lowest BCUT2D eigenvalue weighted by Gasteiger charge is -2.14. The number of nitrogens with two attached hydrogens (primary N) is 1. The zero-order chi connectivity index (χ0) is 13.2. The predicted molar refractivity (Wildman–Crippen MR) is 68.3 cm³/mol. The molecule has 0 saturated carbocycles. The lowest BCUT2D eigenvalue weighted by molar-refractivity contribution is 0.328. The summed E-state index contributed by atoms with van der Waals surface area (Å²) >= 11 is 0. The van der Waals surface area contributed by atoms with Gasteiger partial charge in [-0.25, -0.2) is 13.4 Å². The molecular weight excluding hydrogens is 256 g/mol. The Kier molecular flexibility index (Phi) is 3.55. The number of hydrogen-bond donors (Lipinski definition) is 2. The van der Waals surface area contributed by atoms with Crippen molar-refractivity contribution in [2.75, 3.05) is 29.2 Å². The summed E-state index contributed by atoms with van der Waals surface area (Å²) in [5, 5.41) is 3.03. The van der Waals surface area contributed by atoms with Crippen molar-refractivity contribution in [3.8, 4) is 5.88 Å². The molecule has 1 aromatic heterocycles. The van der Waals surface area contributed by atoms with Crippen molar-refractivity contribution < 1.29 is 13.2 Å². The molecule has 100 valence electrons. The second kappa shape index (κ2) is 4.97. The number of aromatic nitrogens is 2. The van der Waals surface area contributed by atoms with Crippen LogP contribution in [0.3, 0.4) is 0 Å². The second-order valence-electron chi connectivity index (χ2n) is 4.12. The SMILES string of the molecule is CCOc1ncnc(NC2CCS(=O)(=O)C2)c1N. The Labute approximate surface area is 106 Å². The van der Waals surface area contributed by atoms with E-state index < -0.39 is 9.84 Å². The standard InChI is InChI=1S/C10H16N4O3S/c1-2-17-10-8(11)9(12-6-13-10)14-7-3-4-18(15,16)5-7/h6-7H,2-5,11H2,1H3,(H,12,13,14). The van der Waals surface area contributed by atoms with Crippen molar-refractivity contribution in [1.82, 2.24) is 9.97 Å². The molecule has 0 aliphatic carbocycles. The number of nitrogen functional groups attached to an aromatic ring is 1. The van der Waals surface area contributed by atoms with Crippen LogP contribution in [-0.2, 0) is 9.84 Å². The molecule has 1 aliphatic rings. The molecule has 0 amide bonds. The lowest BCUT2D eigenvalue weighted by Crippen LogP contribution is -2.22. The smallest absolute Gasteiger partial charge is 0.242 e. The zero-order valence-corrected chi connectivity index (χ0v) is 10.9. The first kappa shape index (κ1) is 12.9. The molecule has 1 unspecified atom stereocenters. The molecule has 0 radical (unpaired) electrons.